The van der Waals surface area contributed by atoms with Gasteiger partial charge < -0.3 is 5.73 Å². The first-order valence-electron chi connectivity index (χ1n) is 4.33. The topological polar surface area (TPSA) is 49.9 Å². The van der Waals surface area contributed by atoms with Gasteiger partial charge in [-0.25, -0.2) is 0 Å². The number of nitrogens with one attached hydrogen (secondary N) is 1. The summed E-state index contributed by atoms with van der Waals surface area (Å²) in [4.78, 5) is 0.481. The molecule has 6 heteroatoms. The van der Waals surface area contributed by atoms with Gasteiger partial charge in [0.05, 0.1) is 10.4 Å². The molecule has 1 aromatic carbocycles. The van der Waals surface area contributed by atoms with Crippen molar-refractivity contribution < 1.29 is 13.2 Å². The van der Waals surface area contributed by atoms with Gasteiger partial charge in [-0.05, 0) is 29.7 Å². The maximum Gasteiger partial charge on any atom is 0.416 e. The minimum Gasteiger partial charge on any atom is -0.383 e. The zero-order valence-electron chi connectivity index (χ0n) is 7.93. The summed E-state index contributed by atoms with van der Waals surface area (Å²) in [7, 11) is 0. The predicted molar refractivity (Wildman–Crippen MR) is 57.8 cm³/mol. The molecule has 0 fully saturated rings. The largest absolute Gasteiger partial charge is 0.416 e. The summed E-state index contributed by atoms with van der Waals surface area (Å²) in [5, 5.41) is 7.67. The Morgan fingerprint density at radius 1 is 1.25 bits per heavy atom. The Labute approximate surface area is 93.0 Å². The van der Waals surface area contributed by atoms with Crippen LogP contribution in [0, 0.1) is 5.41 Å². The summed E-state index contributed by atoms with van der Waals surface area (Å²) in [6.45, 7) is 0. The van der Waals surface area contributed by atoms with Crippen LogP contribution in [0.15, 0.2) is 24.3 Å². The molecule has 0 amide bonds. The summed E-state index contributed by atoms with van der Waals surface area (Å²) in [5.74, 6) is -0.130. The van der Waals surface area contributed by atoms with Crippen molar-refractivity contribution in [3.05, 3.63) is 34.7 Å². The lowest BCUT2D eigenvalue weighted by molar-refractivity contribution is -0.137. The van der Waals surface area contributed by atoms with E-state index in [2.05, 4.69) is 0 Å². The first-order valence-corrected chi connectivity index (χ1v) is 5.15. The molecule has 0 radical (unpaired) electrons. The highest BCUT2D eigenvalue weighted by Gasteiger charge is 2.30. The van der Waals surface area contributed by atoms with E-state index in [9.17, 15) is 13.2 Å². The zero-order chi connectivity index (χ0) is 11.9. The molecule has 1 aromatic heterocycles. The summed E-state index contributed by atoms with van der Waals surface area (Å²) in [6.07, 6.45) is -4.34. The minimum atomic E-state index is -4.34. The van der Waals surface area contributed by atoms with Gasteiger partial charge in [0.1, 0.15) is 5.84 Å². The molecule has 0 unspecified atom stereocenters. The first-order chi connectivity index (χ1) is 7.38. The van der Waals surface area contributed by atoms with Crippen LogP contribution in [0.25, 0.3) is 10.1 Å². The lowest BCUT2D eigenvalue weighted by Crippen LogP contribution is -2.08. The fraction of sp³-hybridized carbons (Fsp3) is 0.100. The fourth-order valence-electron chi connectivity index (χ4n) is 1.35. The molecular formula is C10H7F3N2S. The van der Waals surface area contributed by atoms with Crippen molar-refractivity contribution in [3.63, 3.8) is 0 Å². The van der Waals surface area contributed by atoms with E-state index >= 15 is 0 Å². The van der Waals surface area contributed by atoms with Crippen LogP contribution < -0.4 is 5.73 Å². The highest BCUT2D eigenvalue weighted by atomic mass is 32.1. The Balaban J connectivity index is 2.58. The Morgan fingerprint density at radius 3 is 2.50 bits per heavy atom. The second-order valence-corrected chi connectivity index (χ2v) is 4.36. The van der Waals surface area contributed by atoms with E-state index in [1.807, 2.05) is 0 Å². The van der Waals surface area contributed by atoms with Gasteiger partial charge in [-0.1, -0.05) is 0 Å². The molecule has 0 aliphatic rings. The molecule has 0 aliphatic carbocycles. The first kappa shape index (κ1) is 10.9. The standard InChI is InChI=1S/C10H7F3N2S/c11-10(12,13)6-1-2-7-5(3-6)4-8(16-7)9(14)15/h1-4H,(H3,14,15). The van der Waals surface area contributed by atoms with E-state index in [1.54, 1.807) is 0 Å². The van der Waals surface area contributed by atoms with E-state index < -0.39 is 11.7 Å². The van der Waals surface area contributed by atoms with Gasteiger partial charge in [0.2, 0.25) is 0 Å². The summed E-state index contributed by atoms with van der Waals surface area (Å²) in [6, 6.07) is 4.99. The third kappa shape index (κ3) is 1.88. The number of nitrogens with two attached hydrogens (primary N) is 1. The van der Waals surface area contributed by atoms with E-state index in [-0.39, 0.29) is 5.84 Å². The van der Waals surface area contributed by atoms with Crippen LogP contribution in [-0.4, -0.2) is 5.84 Å². The highest BCUT2D eigenvalue weighted by molar-refractivity contribution is 7.20. The van der Waals surface area contributed by atoms with Crippen LogP contribution >= 0.6 is 11.3 Å². The second kappa shape index (κ2) is 3.48. The molecular weight excluding hydrogens is 237 g/mol. The number of halogens is 3. The van der Waals surface area contributed by atoms with E-state index in [0.717, 1.165) is 12.1 Å². The summed E-state index contributed by atoms with van der Waals surface area (Å²) in [5.41, 5.74) is 4.59. The Kier molecular flexibility index (Phi) is 2.38. The quantitative estimate of drug-likeness (QED) is 0.587. The summed E-state index contributed by atoms with van der Waals surface area (Å²) < 4.78 is 37.9. The third-order valence-electron chi connectivity index (χ3n) is 2.11. The van der Waals surface area contributed by atoms with Crippen LogP contribution in [0.4, 0.5) is 13.2 Å². The number of nitrogen functional groups attached to an aromatic ring is 1. The molecule has 16 heavy (non-hydrogen) atoms. The van der Waals surface area contributed by atoms with Crippen molar-refractivity contribution in [2.75, 3.05) is 0 Å². The molecule has 2 nitrogen and oxygen atoms in total. The monoisotopic (exact) mass is 244 g/mol. The van der Waals surface area contributed by atoms with Gasteiger partial charge in [-0.15, -0.1) is 11.3 Å². The average molecular weight is 244 g/mol. The van der Waals surface area contributed by atoms with Crippen molar-refractivity contribution in [2.45, 2.75) is 6.18 Å². The van der Waals surface area contributed by atoms with Crippen LogP contribution in [0.1, 0.15) is 10.4 Å². The Bertz CT molecular complexity index is 557. The maximum absolute atomic E-state index is 12.4. The number of hydrogen-bond acceptors (Lipinski definition) is 2. The smallest absolute Gasteiger partial charge is 0.383 e. The zero-order valence-corrected chi connectivity index (χ0v) is 8.75. The lowest BCUT2D eigenvalue weighted by Gasteiger charge is -2.05. The number of benzene rings is 1. The molecule has 2 aromatic rings. The number of rotatable bonds is 1. The van der Waals surface area contributed by atoms with E-state index in [0.29, 0.717) is 15.0 Å². The SMILES string of the molecule is N=C(N)c1cc2cc(C(F)(F)F)ccc2s1. The van der Waals surface area contributed by atoms with Gasteiger partial charge in [-0.2, -0.15) is 13.2 Å². The van der Waals surface area contributed by atoms with Crippen molar-refractivity contribution >= 4 is 27.3 Å². The molecule has 3 N–H and O–H groups in total. The molecule has 0 spiro atoms. The molecule has 0 saturated heterocycles. The van der Waals surface area contributed by atoms with Crippen molar-refractivity contribution in [1.29, 1.82) is 5.41 Å². The van der Waals surface area contributed by atoms with Crippen molar-refractivity contribution in [1.82, 2.24) is 0 Å². The molecule has 0 atom stereocenters. The molecule has 0 aliphatic heterocycles. The fourth-order valence-corrected chi connectivity index (χ4v) is 2.26. The number of amidine groups is 1. The van der Waals surface area contributed by atoms with Crippen LogP contribution in [0.3, 0.4) is 0 Å². The lowest BCUT2D eigenvalue weighted by atomic mass is 10.1. The van der Waals surface area contributed by atoms with Crippen LogP contribution in [-0.2, 0) is 6.18 Å². The van der Waals surface area contributed by atoms with Gasteiger partial charge in [0, 0.05) is 4.70 Å². The average Bonchev–Trinajstić information content (AvgIpc) is 2.58. The number of thiophene rings is 1. The van der Waals surface area contributed by atoms with Crippen molar-refractivity contribution in [3.8, 4) is 0 Å². The van der Waals surface area contributed by atoms with Crippen LogP contribution in [0.5, 0.6) is 0 Å². The number of alkyl halides is 3. The van der Waals surface area contributed by atoms with E-state index in [4.69, 9.17) is 11.1 Å². The minimum absolute atomic E-state index is 0.130. The molecule has 1 heterocycles. The Hall–Kier alpha value is -1.56. The predicted octanol–water partition coefficient (Wildman–Crippen LogP) is 3.20. The van der Waals surface area contributed by atoms with Gasteiger partial charge in [0.15, 0.2) is 0 Å². The highest BCUT2D eigenvalue weighted by Crippen LogP contribution is 2.33. The molecule has 84 valence electrons. The normalized spacial score (nSPS) is 11.9. The van der Waals surface area contributed by atoms with Crippen LogP contribution in [0.2, 0.25) is 0 Å². The third-order valence-corrected chi connectivity index (χ3v) is 3.26. The second-order valence-electron chi connectivity index (χ2n) is 3.27. The maximum atomic E-state index is 12.4. The molecule has 2 rings (SSSR count). The van der Waals surface area contributed by atoms with Crippen molar-refractivity contribution in [2.24, 2.45) is 5.73 Å². The van der Waals surface area contributed by atoms with Gasteiger partial charge >= 0.3 is 6.18 Å². The Morgan fingerprint density at radius 2 is 1.94 bits per heavy atom. The number of fused-ring (bicyclic) bond motifs is 1. The van der Waals surface area contributed by atoms with Gasteiger partial charge in [-0.3, -0.25) is 5.41 Å². The summed E-state index contributed by atoms with van der Waals surface area (Å²) >= 11 is 1.21. The molecule has 0 bridgehead atoms. The van der Waals surface area contributed by atoms with E-state index in [1.165, 1.54) is 23.5 Å². The van der Waals surface area contributed by atoms with Gasteiger partial charge in [0.25, 0.3) is 0 Å². The molecule has 0 saturated carbocycles. The number of hydrogen-bond donors (Lipinski definition) is 2.